The highest BCUT2D eigenvalue weighted by Crippen LogP contribution is 2.31. The van der Waals surface area contributed by atoms with Crippen molar-refractivity contribution in [2.45, 2.75) is 26.2 Å². The van der Waals surface area contributed by atoms with Crippen LogP contribution in [-0.4, -0.2) is 5.78 Å². The van der Waals surface area contributed by atoms with Gasteiger partial charge >= 0.3 is 0 Å². The van der Waals surface area contributed by atoms with Crippen molar-refractivity contribution >= 4 is 17.4 Å². The first-order valence-corrected chi connectivity index (χ1v) is 7.36. The molecule has 20 heavy (non-hydrogen) atoms. The van der Waals surface area contributed by atoms with E-state index in [1.807, 2.05) is 42.5 Å². The molecule has 2 atom stereocenters. The lowest BCUT2D eigenvalue weighted by Crippen LogP contribution is -2.20. The van der Waals surface area contributed by atoms with Crippen LogP contribution in [0.25, 0.3) is 0 Å². The van der Waals surface area contributed by atoms with Crippen molar-refractivity contribution in [3.8, 4) is 0 Å². The van der Waals surface area contributed by atoms with E-state index in [2.05, 4.69) is 13.8 Å². The molecule has 2 unspecified atom stereocenters. The van der Waals surface area contributed by atoms with Crippen molar-refractivity contribution in [3.05, 3.63) is 70.7 Å². The van der Waals surface area contributed by atoms with Gasteiger partial charge in [-0.15, -0.1) is 0 Å². The Hall–Kier alpha value is -1.60. The summed E-state index contributed by atoms with van der Waals surface area (Å²) in [4.78, 5) is 12.8. The van der Waals surface area contributed by atoms with Gasteiger partial charge in [-0.2, -0.15) is 0 Å². The fraction of sp³-hybridized carbons (Fsp3) is 0.278. The van der Waals surface area contributed by atoms with Crippen LogP contribution in [0.2, 0.25) is 5.02 Å². The summed E-state index contributed by atoms with van der Waals surface area (Å²) in [5.41, 5.74) is 1.76. The Labute approximate surface area is 125 Å². The molecule has 2 rings (SSSR count). The highest BCUT2D eigenvalue weighted by molar-refractivity contribution is 6.31. The highest BCUT2D eigenvalue weighted by Gasteiger charge is 2.26. The summed E-state index contributed by atoms with van der Waals surface area (Å²) in [5.74, 6) is 0.330. The maximum atomic E-state index is 12.8. The quantitative estimate of drug-likeness (QED) is 0.677. The van der Waals surface area contributed by atoms with Crippen molar-refractivity contribution in [3.63, 3.8) is 0 Å². The first-order chi connectivity index (χ1) is 9.63. The third kappa shape index (κ3) is 3.29. The largest absolute Gasteiger partial charge is 0.293 e. The van der Waals surface area contributed by atoms with Crippen molar-refractivity contribution in [2.75, 3.05) is 0 Å². The minimum atomic E-state index is -0.111. The normalized spacial score (nSPS) is 13.8. The van der Waals surface area contributed by atoms with Crippen LogP contribution in [-0.2, 0) is 0 Å². The third-order valence-electron chi connectivity index (χ3n) is 3.76. The molecule has 2 aromatic rings. The van der Waals surface area contributed by atoms with E-state index in [1.54, 1.807) is 12.1 Å². The van der Waals surface area contributed by atoms with E-state index >= 15 is 0 Å². The SMILES string of the molecule is CCC(C)C(C(=O)c1cccc(Cl)c1)c1ccccc1. The lowest BCUT2D eigenvalue weighted by Gasteiger charge is -2.22. The van der Waals surface area contributed by atoms with Crippen LogP contribution in [0.5, 0.6) is 0 Å². The number of benzene rings is 2. The zero-order valence-corrected chi connectivity index (χ0v) is 12.6. The molecule has 0 bridgehead atoms. The Balaban J connectivity index is 2.39. The van der Waals surface area contributed by atoms with Crippen molar-refractivity contribution < 1.29 is 4.79 Å². The van der Waals surface area contributed by atoms with Crippen LogP contribution in [0.15, 0.2) is 54.6 Å². The van der Waals surface area contributed by atoms with E-state index in [0.717, 1.165) is 12.0 Å². The number of rotatable bonds is 5. The summed E-state index contributed by atoms with van der Waals surface area (Å²) in [7, 11) is 0. The van der Waals surface area contributed by atoms with E-state index in [1.165, 1.54) is 0 Å². The summed E-state index contributed by atoms with van der Waals surface area (Å²) in [6, 6.07) is 17.2. The Morgan fingerprint density at radius 1 is 1.10 bits per heavy atom. The Morgan fingerprint density at radius 2 is 1.80 bits per heavy atom. The molecule has 0 amide bonds. The van der Waals surface area contributed by atoms with Gasteiger partial charge in [-0.05, 0) is 23.6 Å². The van der Waals surface area contributed by atoms with Crippen molar-refractivity contribution in [1.29, 1.82) is 0 Å². The summed E-state index contributed by atoms with van der Waals surface area (Å²) >= 11 is 6.00. The lowest BCUT2D eigenvalue weighted by atomic mass is 9.80. The van der Waals surface area contributed by atoms with E-state index in [-0.39, 0.29) is 11.7 Å². The molecule has 0 aliphatic carbocycles. The molecule has 0 spiro atoms. The van der Waals surface area contributed by atoms with Crippen LogP contribution in [0, 0.1) is 5.92 Å². The Bertz CT molecular complexity index is 577. The topological polar surface area (TPSA) is 17.1 Å². The minimum Gasteiger partial charge on any atom is -0.293 e. The summed E-state index contributed by atoms with van der Waals surface area (Å²) in [5, 5.41) is 0.604. The molecule has 0 radical (unpaired) electrons. The maximum Gasteiger partial charge on any atom is 0.170 e. The maximum absolute atomic E-state index is 12.8. The molecule has 0 aromatic heterocycles. The van der Waals surface area contributed by atoms with E-state index < -0.39 is 0 Å². The van der Waals surface area contributed by atoms with Gasteiger partial charge in [-0.25, -0.2) is 0 Å². The first kappa shape index (κ1) is 14.8. The van der Waals surface area contributed by atoms with Gasteiger partial charge in [0.1, 0.15) is 0 Å². The number of Topliss-reactive ketones (excluding diaryl/α,β-unsaturated/α-hetero) is 1. The summed E-state index contributed by atoms with van der Waals surface area (Å²) < 4.78 is 0. The summed E-state index contributed by atoms with van der Waals surface area (Å²) in [6.07, 6.45) is 0.964. The zero-order chi connectivity index (χ0) is 14.5. The number of hydrogen-bond donors (Lipinski definition) is 0. The molecular formula is C18H19ClO. The monoisotopic (exact) mass is 286 g/mol. The second kappa shape index (κ2) is 6.71. The highest BCUT2D eigenvalue weighted by atomic mass is 35.5. The fourth-order valence-electron chi connectivity index (χ4n) is 2.46. The minimum absolute atomic E-state index is 0.111. The lowest BCUT2D eigenvalue weighted by molar-refractivity contribution is 0.0932. The van der Waals surface area contributed by atoms with Gasteiger partial charge in [0, 0.05) is 16.5 Å². The van der Waals surface area contributed by atoms with E-state index in [9.17, 15) is 4.79 Å². The van der Waals surface area contributed by atoms with Crippen LogP contribution in [0.3, 0.4) is 0 Å². The van der Waals surface area contributed by atoms with Crippen molar-refractivity contribution in [2.24, 2.45) is 5.92 Å². The average Bonchev–Trinajstić information content (AvgIpc) is 2.48. The van der Waals surface area contributed by atoms with Gasteiger partial charge < -0.3 is 0 Å². The van der Waals surface area contributed by atoms with Crippen LogP contribution < -0.4 is 0 Å². The number of halogens is 1. The Morgan fingerprint density at radius 3 is 2.40 bits per heavy atom. The van der Waals surface area contributed by atoms with E-state index in [4.69, 9.17) is 11.6 Å². The molecule has 0 saturated carbocycles. The van der Waals surface area contributed by atoms with Gasteiger partial charge in [0.25, 0.3) is 0 Å². The van der Waals surface area contributed by atoms with Gasteiger partial charge in [0.2, 0.25) is 0 Å². The molecular weight excluding hydrogens is 268 g/mol. The predicted octanol–water partition coefficient (Wildman–Crippen LogP) is 5.35. The summed E-state index contributed by atoms with van der Waals surface area (Å²) in [6.45, 7) is 4.24. The Kier molecular flexibility index (Phi) is 4.97. The number of ketones is 1. The fourth-order valence-corrected chi connectivity index (χ4v) is 2.65. The number of carbonyl (C=O) groups excluding carboxylic acids is 1. The van der Waals surface area contributed by atoms with Crippen LogP contribution >= 0.6 is 11.6 Å². The molecule has 0 aliphatic heterocycles. The average molecular weight is 287 g/mol. The van der Waals surface area contributed by atoms with E-state index in [0.29, 0.717) is 16.5 Å². The molecule has 104 valence electrons. The third-order valence-corrected chi connectivity index (χ3v) is 4.00. The first-order valence-electron chi connectivity index (χ1n) is 6.98. The number of hydrogen-bond acceptors (Lipinski definition) is 1. The number of carbonyl (C=O) groups is 1. The molecule has 0 saturated heterocycles. The molecule has 0 aliphatic rings. The standard InChI is InChI=1S/C18H19ClO/c1-3-13(2)17(14-8-5-4-6-9-14)18(20)15-10-7-11-16(19)12-15/h4-13,17H,3H2,1-2H3. The predicted molar refractivity (Wildman–Crippen MR) is 84.4 cm³/mol. The molecule has 0 fully saturated rings. The van der Waals surface area contributed by atoms with Crippen molar-refractivity contribution in [1.82, 2.24) is 0 Å². The van der Waals surface area contributed by atoms with Gasteiger partial charge in [0.05, 0.1) is 0 Å². The zero-order valence-electron chi connectivity index (χ0n) is 11.8. The molecule has 0 heterocycles. The molecule has 1 nitrogen and oxygen atoms in total. The van der Waals surface area contributed by atoms with Crippen LogP contribution in [0.4, 0.5) is 0 Å². The molecule has 2 heteroatoms. The van der Waals surface area contributed by atoms with Gasteiger partial charge in [-0.1, -0.05) is 74.3 Å². The second-order valence-electron chi connectivity index (χ2n) is 5.15. The smallest absolute Gasteiger partial charge is 0.170 e. The van der Waals surface area contributed by atoms with Crippen LogP contribution in [0.1, 0.15) is 42.1 Å². The van der Waals surface area contributed by atoms with Gasteiger partial charge in [-0.3, -0.25) is 4.79 Å². The van der Waals surface area contributed by atoms with Gasteiger partial charge in [0.15, 0.2) is 5.78 Å². The molecule has 2 aromatic carbocycles. The molecule has 0 N–H and O–H groups in total. The second-order valence-corrected chi connectivity index (χ2v) is 5.58.